The van der Waals surface area contributed by atoms with E-state index in [-0.39, 0.29) is 37.0 Å². The molecule has 5 heterocycles. The molecule has 0 unspecified atom stereocenters. The third kappa shape index (κ3) is 5.34. The number of hydrogen-bond acceptors (Lipinski definition) is 5. The Morgan fingerprint density at radius 1 is 0.446 bits per heavy atom. The zero-order chi connectivity index (χ0) is 45.5. The molecule has 328 valence electrons. The van der Waals surface area contributed by atoms with Gasteiger partial charge in [-0.3, -0.25) is 0 Å². The molecule has 0 saturated carbocycles. The van der Waals surface area contributed by atoms with Gasteiger partial charge in [-0.15, -0.1) is 0 Å². The second-order valence-electron chi connectivity index (χ2n) is 20.7. The Labute approximate surface area is 400 Å². The van der Waals surface area contributed by atoms with E-state index in [4.69, 9.17) is 61.5 Å². The summed E-state index contributed by atoms with van der Waals surface area (Å²) in [5.41, 5.74) is 8.01. The first-order chi connectivity index (χ1) is 30.7. The number of benzene rings is 7. The minimum absolute atomic E-state index is 0.0511. The molecule has 4 aliphatic rings. The van der Waals surface area contributed by atoms with Crippen molar-refractivity contribution in [2.24, 2.45) is 0 Å². The number of ether oxygens (including phenoxy) is 2. The summed E-state index contributed by atoms with van der Waals surface area (Å²) in [4.78, 5) is 2.31. The molecule has 7 aromatic carbocycles. The van der Waals surface area contributed by atoms with Crippen molar-refractivity contribution in [1.29, 1.82) is 0 Å². The number of hydrogen-bond donors (Lipinski definition) is 0. The SMILES string of the molecule is CC(C)(C)c1ccc(N2c3ccc(C(C)(C)C)c4[c]3[Bi]35([O]c6c(Cl)c(Cl)c(Cl)c(Cl)c6[O]3)[c]3c(cc(-n6c7ccccc7c7ccccc76)cc3Oc3c(C(C)(C)C)ccc2[c]35)O4)cc1. The van der Waals surface area contributed by atoms with Crippen LogP contribution in [0.15, 0.2) is 109 Å². The maximum absolute atomic E-state index is 8.05. The van der Waals surface area contributed by atoms with Crippen LogP contribution in [0.2, 0.25) is 20.1 Å². The molecule has 0 fully saturated rings. The van der Waals surface area contributed by atoms with Crippen LogP contribution in [-0.4, -0.2) is 24.2 Å². The molecule has 4 aliphatic heterocycles. The molecule has 0 bridgehead atoms. The Morgan fingerprint density at radius 2 is 0.892 bits per heavy atom. The Balaban J connectivity index is 1.29. The van der Waals surface area contributed by atoms with E-state index in [2.05, 4.69) is 181 Å². The fraction of sp³-hybridized carbons (Fsp3) is 0.222. The average molecular weight is 1140 g/mol. The van der Waals surface area contributed by atoms with Crippen LogP contribution >= 0.6 is 46.4 Å². The zero-order valence-corrected chi connectivity index (χ0v) is 43.9. The van der Waals surface area contributed by atoms with E-state index in [9.17, 15) is 0 Å². The monoisotopic (exact) mass is 1130 g/mol. The Morgan fingerprint density at radius 3 is 1.32 bits per heavy atom. The normalized spacial score (nSPS) is 16.6. The first-order valence-corrected chi connectivity index (χ1v) is 31.4. The van der Waals surface area contributed by atoms with Gasteiger partial charge in [0.15, 0.2) is 0 Å². The number of anilines is 3. The first kappa shape index (κ1) is 41.8. The number of rotatable bonds is 2. The van der Waals surface area contributed by atoms with Gasteiger partial charge in [-0.2, -0.15) is 0 Å². The van der Waals surface area contributed by atoms with Crippen molar-refractivity contribution in [2.75, 3.05) is 4.90 Å². The van der Waals surface area contributed by atoms with Crippen molar-refractivity contribution in [1.82, 2.24) is 4.57 Å². The topological polar surface area (TPSA) is 45.1 Å². The van der Waals surface area contributed by atoms with E-state index in [0.29, 0.717) is 23.0 Å². The van der Waals surface area contributed by atoms with E-state index in [1.807, 2.05) is 0 Å². The summed E-state index contributed by atoms with van der Waals surface area (Å²) in [5.74, 6) is 3.00. The summed E-state index contributed by atoms with van der Waals surface area (Å²) < 4.78 is 35.9. The molecule has 1 spiro atoms. The van der Waals surface area contributed by atoms with Crippen molar-refractivity contribution >= 4 is 115 Å². The average Bonchev–Trinajstić information content (AvgIpc) is 3.78. The Hall–Kier alpha value is -4.62. The summed E-state index contributed by atoms with van der Waals surface area (Å²) in [6.07, 6.45) is 0. The molecule has 8 aromatic rings. The summed E-state index contributed by atoms with van der Waals surface area (Å²) in [7, 11) is 0. The molecule has 0 aliphatic carbocycles. The van der Waals surface area contributed by atoms with Gasteiger partial charge in [-0.25, -0.2) is 0 Å². The van der Waals surface area contributed by atoms with Gasteiger partial charge in [0.05, 0.1) is 0 Å². The van der Waals surface area contributed by atoms with Crippen LogP contribution in [0.4, 0.5) is 17.1 Å². The maximum atomic E-state index is 8.05. The second-order valence-corrected chi connectivity index (χ2v) is 36.3. The van der Waals surface area contributed by atoms with E-state index in [1.54, 1.807) is 0 Å². The van der Waals surface area contributed by atoms with Crippen LogP contribution < -0.4 is 29.8 Å². The summed E-state index contributed by atoms with van der Waals surface area (Å²) in [5, 5.41) is 2.71. The number of aromatic nitrogens is 1. The molecular weight excluding hydrogens is 1090 g/mol. The summed E-state index contributed by atoms with van der Waals surface area (Å²) in [6, 6.07) is 38.8. The van der Waals surface area contributed by atoms with Crippen LogP contribution in [0, 0.1) is 0 Å². The molecule has 1 aromatic heterocycles. The predicted molar refractivity (Wildman–Crippen MR) is 271 cm³/mol. The van der Waals surface area contributed by atoms with Gasteiger partial charge in [0.1, 0.15) is 0 Å². The van der Waals surface area contributed by atoms with Gasteiger partial charge in [0, 0.05) is 0 Å². The quantitative estimate of drug-likeness (QED) is 0.0981. The van der Waals surface area contributed by atoms with Crippen molar-refractivity contribution in [3.8, 4) is 40.2 Å². The molecule has 0 amide bonds. The molecule has 6 nitrogen and oxygen atoms in total. The molecular formula is C54H45BiCl4N2O4. The minimum atomic E-state index is -6.55. The first-order valence-electron chi connectivity index (χ1n) is 21.8. The van der Waals surface area contributed by atoms with Crippen LogP contribution in [-0.2, 0) is 16.2 Å². The number of para-hydroxylation sites is 2. The zero-order valence-electron chi connectivity index (χ0n) is 37.4. The fourth-order valence-corrected chi connectivity index (χ4v) is 33.6. The third-order valence-electron chi connectivity index (χ3n) is 13.5. The van der Waals surface area contributed by atoms with E-state index >= 15 is 0 Å². The molecule has 11 heteroatoms. The molecule has 0 atom stereocenters. The van der Waals surface area contributed by atoms with Gasteiger partial charge in [-0.05, 0) is 0 Å². The summed E-state index contributed by atoms with van der Waals surface area (Å²) >= 11 is 21.9. The van der Waals surface area contributed by atoms with Gasteiger partial charge in [0.2, 0.25) is 0 Å². The van der Waals surface area contributed by atoms with E-state index < -0.39 is 30.5 Å². The molecule has 0 radical (unpaired) electrons. The van der Waals surface area contributed by atoms with Crippen molar-refractivity contribution < 1.29 is 15.1 Å². The predicted octanol–water partition coefficient (Wildman–Crippen LogP) is 15.2. The Bertz CT molecular complexity index is 3280. The second kappa shape index (κ2) is 13.3. The van der Waals surface area contributed by atoms with Crippen molar-refractivity contribution in [3.63, 3.8) is 0 Å². The summed E-state index contributed by atoms with van der Waals surface area (Å²) in [6.45, 7) is 19.9. The standard InChI is InChI=1S/C48H45N2O2.C6H2Cl4O2.Bi/c1-46(2,3)31-18-20-32(21-19-31)49-33-22-24-40(47(4,5)6)44(28-33)51-36-26-35(50-42-16-12-10-14-38(42)39-15-11-13-17-43(39)50)27-37(30-36)52-45-29-34(49)23-25-41(45)48(7,8)9;7-1-2(8)4(10)6(12)5(11)3(1)9;/h10-27H,1-9H3;11-12H;/q;;+2/p-2. The molecule has 0 saturated heterocycles. The molecule has 65 heavy (non-hydrogen) atoms. The number of nitrogens with zero attached hydrogens (tertiary/aromatic N) is 2. The molecule has 12 rings (SSSR count). The Kier molecular flexibility index (Phi) is 8.55. The van der Waals surface area contributed by atoms with Crippen LogP contribution in [0.5, 0.6) is 34.5 Å². The number of fused-ring (bicyclic) bond motifs is 4. The van der Waals surface area contributed by atoms with Crippen molar-refractivity contribution in [2.45, 2.75) is 78.6 Å². The van der Waals surface area contributed by atoms with Gasteiger partial charge < -0.3 is 0 Å². The van der Waals surface area contributed by atoms with Gasteiger partial charge in [0.25, 0.3) is 0 Å². The van der Waals surface area contributed by atoms with Crippen LogP contribution in [0.3, 0.4) is 0 Å². The van der Waals surface area contributed by atoms with Crippen LogP contribution in [0.25, 0.3) is 27.5 Å². The van der Waals surface area contributed by atoms with Crippen LogP contribution in [0.1, 0.15) is 79.0 Å². The van der Waals surface area contributed by atoms with Crippen molar-refractivity contribution in [3.05, 3.63) is 146 Å². The van der Waals surface area contributed by atoms with E-state index in [0.717, 1.165) is 65.5 Å². The third-order valence-corrected chi connectivity index (χ3v) is 34.0. The van der Waals surface area contributed by atoms with Gasteiger partial charge in [-0.1, -0.05) is 0 Å². The fourth-order valence-electron chi connectivity index (χ4n) is 10.6. The van der Waals surface area contributed by atoms with E-state index in [1.165, 1.54) is 5.56 Å². The van der Waals surface area contributed by atoms with Gasteiger partial charge >= 0.3 is 404 Å². The molecule has 0 N–H and O–H groups in total. The number of halogens is 4.